The molecule has 1 aromatic carbocycles. The van der Waals surface area contributed by atoms with Crippen LogP contribution in [0.2, 0.25) is 0 Å². The molecule has 0 bridgehead atoms. The van der Waals surface area contributed by atoms with Crippen molar-refractivity contribution < 1.29 is 14.2 Å². The fraction of sp³-hybridized carbons (Fsp3) is 0.625. The van der Waals surface area contributed by atoms with E-state index in [1.165, 1.54) is 5.56 Å². The van der Waals surface area contributed by atoms with E-state index >= 15 is 0 Å². The quantitative estimate of drug-likeness (QED) is 0.807. The normalized spacial score (nSPS) is 19.5. The Morgan fingerprint density at radius 3 is 2.62 bits per heavy atom. The van der Waals surface area contributed by atoms with Gasteiger partial charge in [-0.1, -0.05) is 22.9 Å². The molecule has 1 aliphatic heterocycles. The lowest BCUT2D eigenvalue weighted by atomic mass is 9.98. The summed E-state index contributed by atoms with van der Waals surface area (Å²) in [6.45, 7) is 3.92. The lowest BCUT2D eigenvalue weighted by Crippen LogP contribution is -2.25. The van der Waals surface area contributed by atoms with Crippen LogP contribution in [0.25, 0.3) is 0 Å². The van der Waals surface area contributed by atoms with E-state index in [4.69, 9.17) is 14.2 Å². The Kier molecular flexibility index (Phi) is 6.33. The molecule has 2 atom stereocenters. The van der Waals surface area contributed by atoms with Gasteiger partial charge in [-0.2, -0.15) is 0 Å². The molecule has 1 saturated heterocycles. The molecule has 0 aliphatic carbocycles. The molecule has 118 valence electrons. The van der Waals surface area contributed by atoms with Crippen molar-refractivity contribution in [2.45, 2.75) is 38.3 Å². The second-order valence-corrected chi connectivity index (χ2v) is 6.06. The molecule has 0 spiro atoms. The van der Waals surface area contributed by atoms with Crippen LogP contribution in [0.4, 0.5) is 0 Å². The van der Waals surface area contributed by atoms with Crippen LogP contribution in [0.5, 0.6) is 11.5 Å². The van der Waals surface area contributed by atoms with Gasteiger partial charge in [0.25, 0.3) is 0 Å². The van der Waals surface area contributed by atoms with Crippen molar-refractivity contribution in [1.29, 1.82) is 0 Å². The van der Waals surface area contributed by atoms with Gasteiger partial charge in [0.15, 0.2) is 11.5 Å². The first-order valence-electron chi connectivity index (χ1n) is 7.46. The van der Waals surface area contributed by atoms with Crippen LogP contribution in [0.1, 0.15) is 37.8 Å². The second kappa shape index (κ2) is 8.01. The summed E-state index contributed by atoms with van der Waals surface area (Å²) in [6.07, 6.45) is 3.62. The maximum Gasteiger partial charge on any atom is 0.161 e. The number of nitrogens with one attached hydrogen (secondary N) is 1. The van der Waals surface area contributed by atoms with Gasteiger partial charge in [-0.3, -0.25) is 0 Å². The van der Waals surface area contributed by atoms with Gasteiger partial charge in [0.2, 0.25) is 0 Å². The van der Waals surface area contributed by atoms with Crippen molar-refractivity contribution in [2.75, 3.05) is 27.4 Å². The van der Waals surface area contributed by atoms with E-state index in [1.807, 2.05) is 12.1 Å². The summed E-state index contributed by atoms with van der Waals surface area (Å²) < 4.78 is 17.6. The predicted octanol–water partition coefficient (Wildman–Crippen LogP) is 3.69. The summed E-state index contributed by atoms with van der Waals surface area (Å²) in [6, 6.07) is 4.26. The molecular weight excluding hydrogens is 334 g/mol. The fourth-order valence-electron chi connectivity index (χ4n) is 2.80. The first kappa shape index (κ1) is 16.6. The number of methoxy groups -OCH3 is 2. The highest BCUT2D eigenvalue weighted by Gasteiger charge is 2.24. The monoisotopic (exact) mass is 357 g/mol. The molecule has 1 aliphatic rings. The van der Waals surface area contributed by atoms with E-state index < -0.39 is 0 Å². The maximum atomic E-state index is 5.78. The molecule has 1 fully saturated rings. The number of benzene rings is 1. The van der Waals surface area contributed by atoms with Crippen LogP contribution < -0.4 is 14.8 Å². The number of halogens is 1. The molecule has 2 unspecified atom stereocenters. The lowest BCUT2D eigenvalue weighted by Gasteiger charge is -2.24. The van der Waals surface area contributed by atoms with Crippen molar-refractivity contribution in [3.63, 3.8) is 0 Å². The van der Waals surface area contributed by atoms with Gasteiger partial charge in [-0.25, -0.2) is 0 Å². The topological polar surface area (TPSA) is 39.7 Å². The summed E-state index contributed by atoms with van der Waals surface area (Å²) in [7, 11) is 3.32. The van der Waals surface area contributed by atoms with Gasteiger partial charge >= 0.3 is 0 Å². The second-order valence-electron chi connectivity index (χ2n) is 5.21. The van der Waals surface area contributed by atoms with Gasteiger partial charge in [0.05, 0.1) is 20.3 Å². The Hall–Kier alpha value is -0.780. The van der Waals surface area contributed by atoms with Crippen LogP contribution >= 0.6 is 15.9 Å². The third kappa shape index (κ3) is 4.11. The smallest absolute Gasteiger partial charge is 0.161 e. The zero-order valence-corrected chi connectivity index (χ0v) is 14.5. The molecule has 0 aromatic heterocycles. The van der Waals surface area contributed by atoms with Crippen LogP contribution in [0.3, 0.4) is 0 Å². The fourth-order valence-corrected chi connectivity index (χ4v) is 3.40. The molecular formula is C16H24BrNO3. The minimum atomic E-state index is 0.243. The van der Waals surface area contributed by atoms with E-state index in [0.717, 1.165) is 48.4 Å². The largest absolute Gasteiger partial charge is 0.493 e. The van der Waals surface area contributed by atoms with E-state index in [1.54, 1.807) is 14.2 Å². The van der Waals surface area contributed by atoms with Crippen LogP contribution in [-0.4, -0.2) is 33.5 Å². The summed E-state index contributed by atoms with van der Waals surface area (Å²) >= 11 is 3.65. The third-order valence-corrected chi connectivity index (χ3v) is 4.54. The average Bonchev–Trinajstić information content (AvgIpc) is 2.99. The maximum absolute atomic E-state index is 5.78. The van der Waals surface area contributed by atoms with Crippen molar-refractivity contribution in [1.82, 2.24) is 5.32 Å². The van der Waals surface area contributed by atoms with E-state index in [-0.39, 0.29) is 6.04 Å². The minimum absolute atomic E-state index is 0.243. The molecule has 5 heteroatoms. The Morgan fingerprint density at radius 2 is 2.05 bits per heavy atom. The van der Waals surface area contributed by atoms with Crippen LogP contribution in [-0.2, 0) is 4.74 Å². The van der Waals surface area contributed by atoms with Gasteiger partial charge in [0, 0.05) is 17.1 Å². The van der Waals surface area contributed by atoms with Crippen molar-refractivity contribution >= 4 is 15.9 Å². The van der Waals surface area contributed by atoms with Gasteiger partial charge in [-0.15, -0.1) is 0 Å². The van der Waals surface area contributed by atoms with Crippen LogP contribution in [0, 0.1) is 0 Å². The molecule has 0 amide bonds. The van der Waals surface area contributed by atoms with Gasteiger partial charge in [-0.05, 0) is 43.5 Å². The molecule has 21 heavy (non-hydrogen) atoms. The van der Waals surface area contributed by atoms with E-state index in [2.05, 4.69) is 28.2 Å². The number of hydrogen-bond donors (Lipinski definition) is 1. The number of rotatable bonds is 7. The molecule has 1 N–H and O–H groups in total. The highest BCUT2D eigenvalue weighted by Crippen LogP contribution is 2.38. The van der Waals surface area contributed by atoms with E-state index in [0.29, 0.717) is 6.10 Å². The highest BCUT2D eigenvalue weighted by atomic mass is 79.9. The van der Waals surface area contributed by atoms with Crippen molar-refractivity contribution in [3.05, 3.63) is 22.2 Å². The van der Waals surface area contributed by atoms with Gasteiger partial charge < -0.3 is 19.5 Å². The van der Waals surface area contributed by atoms with Crippen LogP contribution in [0.15, 0.2) is 16.6 Å². The molecule has 1 aromatic rings. The third-order valence-electron chi connectivity index (χ3n) is 3.85. The molecule has 2 rings (SSSR count). The zero-order valence-electron chi connectivity index (χ0n) is 12.9. The number of ether oxygens (including phenoxy) is 3. The first-order chi connectivity index (χ1) is 10.2. The molecule has 4 nitrogen and oxygen atoms in total. The van der Waals surface area contributed by atoms with Crippen molar-refractivity contribution in [2.24, 2.45) is 0 Å². The summed E-state index contributed by atoms with van der Waals surface area (Å²) in [5.74, 6) is 1.49. The SMILES string of the molecule is CCNC(CC1CCCO1)c1cc(OC)c(OC)cc1Br. The molecule has 1 heterocycles. The minimum Gasteiger partial charge on any atom is -0.493 e. The summed E-state index contributed by atoms with van der Waals surface area (Å²) in [5, 5.41) is 3.55. The molecule has 0 saturated carbocycles. The highest BCUT2D eigenvalue weighted by molar-refractivity contribution is 9.10. The standard InChI is InChI=1S/C16H24BrNO3/c1-4-18-14(8-11-6-5-7-21-11)12-9-15(19-2)16(20-3)10-13(12)17/h9-11,14,18H,4-8H2,1-3H3. The summed E-state index contributed by atoms with van der Waals surface area (Å²) in [5.41, 5.74) is 1.19. The van der Waals surface area contributed by atoms with E-state index in [9.17, 15) is 0 Å². The first-order valence-corrected chi connectivity index (χ1v) is 8.25. The van der Waals surface area contributed by atoms with Crippen molar-refractivity contribution in [3.8, 4) is 11.5 Å². The number of hydrogen-bond acceptors (Lipinski definition) is 4. The lowest BCUT2D eigenvalue weighted by molar-refractivity contribution is 0.0946. The average molecular weight is 358 g/mol. The Labute approximate surface area is 135 Å². The Morgan fingerprint density at radius 1 is 1.33 bits per heavy atom. The summed E-state index contributed by atoms with van der Waals surface area (Å²) in [4.78, 5) is 0. The Bertz CT molecular complexity index is 461. The molecule has 0 radical (unpaired) electrons. The Balaban J connectivity index is 2.25. The predicted molar refractivity (Wildman–Crippen MR) is 87.3 cm³/mol. The zero-order chi connectivity index (χ0) is 15.2. The van der Waals surface area contributed by atoms with Gasteiger partial charge in [0.1, 0.15) is 0 Å².